The van der Waals surface area contributed by atoms with Gasteiger partial charge >= 0.3 is 0 Å². The third kappa shape index (κ3) is 5.85. The Balaban J connectivity index is 1.21. The Morgan fingerprint density at radius 3 is 2.72 bits per heavy atom. The van der Waals surface area contributed by atoms with Crippen molar-refractivity contribution < 1.29 is 9.13 Å². The third-order valence-electron chi connectivity index (χ3n) is 8.30. The van der Waals surface area contributed by atoms with Gasteiger partial charge in [-0.3, -0.25) is 9.36 Å². The van der Waals surface area contributed by atoms with Gasteiger partial charge < -0.3 is 20.3 Å². The van der Waals surface area contributed by atoms with Gasteiger partial charge in [0, 0.05) is 47.5 Å². The van der Waals surface area contributed by atoms with Crippen molar-refractivity contribution in [1.29, 1.82) is 0 Å². The van der Waals surface area contributed by atoms with Gasteiger partial charge in [0.2, 0.25) is 5.95 Å². The summed E-state index contributed by atoms with van der Waals surface area (Å²) < 4.78 is 21.9. The number of ether oxygens (including phenoxy) is 1. The number of hydrogen-bond acceptors (Lipinski definition) is 8. The highest BCUT2D eigenvalue weighted by molar-refractivity contribution is 7.10. The number of thiophene rings is 1. The molecular weight excluding hydrogens is 563 g/mol. The molecule has 5 aromatic rings. The average molecular weight is 597 g/mol. The van der Waals surface area contributed by atoms with Gasteiger partial charge in [0.15, 0.2) is 17.3 Å². The van der Waals surface area contributed by atoms with Crippen molar-refractivity contribution in [3.63, 3.8) is 0 Å². The molecule has 0 amide bonds. The highest BCUT2D eigenvalue weighted by Crippen LogP contribution is 2.43. The fourth-order valence-electron chi connectivity index (χ4n) is 5.72. The summed E-state index contributed by atoms with van der Waals surface area (Å²) in [6.45, 7) is 2.42. The van der Waals surface area contributed by atoms with E-state index in [0.717, 1.165) is 42.2 Å². The number of nitrogens with one attached hydrogen (secondary N) is 2. The number of anilines is 3. The van der Waals surface area contributed by atoms with Gasteiger partial charge in [-0.1, -0.05) is 12.1 Å². The SMILES string of the molecule is CN(c1ccc(Nc2ncc3cc(Oc4ccccc4F)c(=O)n(Cc4sccc4C4CC4)c3n2)cc1)C1CCCNC1. The third-order valence-corrected chi connectivity index (χ3v) is 9.22. The molecule has 2 N–H and O–H groups in total. The Morgan fingerprint density at radius 1 is 1.12 bits per heavy atom. The van der Waals surface area contributed by atoms with Crippen LogP contribution in [0.2, 0.25) is 0 Å². The number of nitrogens with zero attached hydrogens (tertiary/aromatic N) is 4. The molecule has 10 heteroatoms. The molecule has 220 valence electrons. The molecule has 4 heterocycles. The Morgan fingerprint density at radius 2 is 1.95 bits per heavy atom. The summed E-state index contributed by atoms with van der Waals surface area (Å²) in [5.74, 6) is 0.415. The van der Waals surface area contributed by atoms with E-state index in [0.29, 0.717) is 35.5 Å². The standard InChI is InChI=1S/C33H33FN6O2S/c1-39(25-5-4-15-35-19-25)24-12-10-23(11-13-24)37-33-36-18-22-17-29(42-28-7-3-2-6-27(28)34)32(41)40(31(22)38-33)20-30-26(14-16-43-30)21-8-9-21/h2-3,6-7,10-14,16-18,21,25,35H,4-5,8-9,15,19-20H2,1H3,(H,36,37,38). The van der Waals surface area contributed by atoms with Crippen LogP contribution in [-0.4, -0.2) is 40.7 Å². The van der Waals surface area contributed by atoms with E-state index in [2.05, 4.69) is 51.1 Å². The predicted molar refractivity (Wildman–Crippen MR) is 170 cm³/mol. The van der Waals surface area contributed by atoms with Crippen molar-refractivity contribution in [3.8, 4) is 11.5 Å². The van der Waals surface area contributed by atoms with Crippen LogP contribution in [0, 0.1) is 5.82 Å². The molecule has 0 radical (unpaired) electrons. The first kappa shape index (κ1) is 27.5. The molecule has 1 aliphatic carbocycles. The molecule has 1 aliphatic heterocycles. The Hall–Kier alpha value is -4.28. The zero-order chi connectivity index (χ0) is 29.3. The van der Waals surface area contributed by atoms with Crippen LogP contribution in [0.1, 0.15) is 42.0 Å². The van der Waals surface area contributed by atoms with Crippen LogP contribution in [-0.2, 0) is 6.54 Å². The van der Waals surface area contributed by atoms with Crippen LogP contribution in [0.5, 0.6) is 11.5 Å². The zero-order valence-corrected chi connectivity index (χ0v) is 24.7. The van der Waals surface area contributed by atoms with Crippen molar-refractivity contribution >= 4 is 39.7 Å². The molecule has 1 saturated heterocycles. The van der Waals surface area contributed by atoms with E-state index in [1.165, 1.54) is 30.5 Å². The minimum Gasteiger partial charge on any atom is -0.448 e. The molecule has 1 atom stereocenters. The van der Waals surface area contributed by atoms with Crippen LogP contribution >= 0.6 is 11.3 Å². The summed E-state index contributed by atoms with van der Waals surface area (Å²) >= 11 is 1.64. The number of para-hydroxylation sites is 1. The van der Waals surface area contributed by atoms with Gasteiger partial charge in [-0.25, -0.2) is 9.37 Å². The molecule has 1 saturated carbocycles. The highest BCUT2D eigenvalue weighted by Gasteiger charge is 2.27. The van der Waals surface area contributed by atoms with E-state index in [4.69, 9.17) is 9.72 Å². The van der Waals surface area contributed by atoms with E-state index in [9.17, 15) is 9.18 Å². The lowest BCUT2D eigenvalue weighted by Crippen LogP contribution is -2.44. The number of halogens is 1. The van der Waals surface area contributed by atoms with Gasteiger partial charge in [-0.15, -0.1) is 11.3 Å². The largest absolute Gasteiger partial charge is 0.448 e. The lowest BCUT2D eigenvalue weighted by Gasteiger charge is -2.33. The monoisotopic (exact) mass is 596 g/mol. The quantitative estimate of drug-likeness (QED) is 0.197. The topological polar surface area (TPSA) is 84.3 Å². The highest BCUT2D eigenvalue weighted by atomic mass is 32.1. The molecule has 7 rings (SSSR count). The predicted octanol–water partition coefficient (Wildman–Crippen LogP) is 6.64. The van der Waals surface area contributed by atoms with Crippen molar-refractivity contribution in [2.24, 2.45) is 0 Å². The fraction of sp³-hybridized carbons (Fsp3) is 0.303. The second-order valence-electron chi connectivity index (χ2n) is 11.3. The Kier molecular flexibility index (Phi) is 7.54. The van der Waals surface area contributed by atoms with Gasteiger partial charge in [0.05, 0.1) is 6.54 Å². The van der Waals surface area contributed by atoms with E-state index in [-0.39, 0.29) is 17.1 Å². The zero-order valence-electron chi connectivity index (χ0n) is 23.9. The smallest absolute Gasteiger partial charge is 0.295 e. The molecule has 2 fully saturated rings. The van der Waals surface area contributed by atoms with Crippen molar-refractivity contribution in [1.82, 2.24) is 19.9 Å². The van der Waals surface area contributed by atoms with Crippen molar-refractivity contribution in [2.45, 2.75) is 44.2 Å². The minimum atomic E-state index is -0.536. The first-order valence-electron chi connectivity index (χ1n) is 14.7. The van der Waals surface area contributed by atoms with E-state index in [1.54, 1.807) is 40.3 Å². The maximum atomic E-state index is 14.4. The van der Waals surface area contributed by atoms with Gasteiger partial charge in [0.25, 0.3) is 5.56 Å². The normalized spacial score (nSPS) is 16.7. The number of rotatable bonds is 9. The minimum absolute atomic E-state index is 0.00617. The second kappa shape index (κ2) is 11.8. The summed E-state index contributed by atoms with van der Waals surface area (Å²) in [6, 6.07) is 18.5. The van der Waals surface area contributed by atoms with Crippen molar-refractivity contribution in [2.75, 3.05) is 30.4 Å². The summed E-state index contributed by atoms with van der Waals surface area (Å²) in [4.78, 5) is 26.6. The summed E-state index contributed by atoms with van der Waals surface area (Å²) in [7, 11) is 2.14. The number of hydrogen-bond donors (Lipinski definition) is 2. The molecule has 0 spiro atoms. The lowest BCUT2D eigenvalue weighted by atomic mass is 10.1. The molecular formula is C33H33FN6O2S. The van der Waals surface area contributed by atoms with Crippen LogP contribution in [0.3, 0.4) is 0 Å². The van der Waals surface area contributed by atoms with E-state index < -0.39 is 5.82 Å². The summed E-state index contributed by atoms with van der Waals surface area (Å²) in [6.07, 6.45) is 6.36. The maximum absolute atomic E-state index is 14.4. The molecule has 8 nitrogen and oxygen atoms in total. The fourth-order valence-corrected chi connectivity index (χ4v) is 6.68. The summed E-state index contributed by atoms with van der Waals surface area (Å²) in [5, 5.41) is 9.48. The van der Waals surface area contributed by atoms with Crippen LogP contribution < -0.4 is 25.8 Å². The second-order valence-corrected chi connectivity index (χ2v) is 12.3. The van der Waals surface area contributed by atoms with Crippen LogP contribution in [0.4, 0.5) is 21.7 Å². The molecule has 2 aliphatic rings. The van der Waals surface area contributed by atoms with Crippen LogP contribution in [0.25, 0.3) is 11.0 Å². The van der Waals surface area contributed by atoms with E-state index in [1.807, 2.05) is 12.1 Å². The first-order valence-corrected chi connectivity index (χ1v) is 15.6. The molecule has 1 unspecified atom stereocenters. The van der Waals surface area contributed by atoms with Crippen molar-refractivity contribution in [3.05, 3.63) is 98.9 Å². The number of pyridine rings is 1. The molecule has 43 heavy (non-hydrogen) atoms. The lowest BCUT2D eigenvalue weighted by molar-refractivity contribution is 0.433. The van der Waals surface area contributed by atoms with Gasteiger partial charge in [0.1, 0.15) is 5.65 Å². The molecule has 0 bridgehead atoms. The number of benzene rings is 2. The molecule has 2 aromatic carbocycles. The van der Waals surface area contributed by atoms with Crippen LogP contribution in [0.15, 0.2) is 77.0 Å². The number of aromatic nitrogens is 3. The summed E-state index contributed by atoms with van der Waals surface area (Å²) in [5.41, 5.74) is 3.39. The molecule has 3 aromatic heterocycles. The van der Waals surface area contributed by atoms with E-state index >= 15 is 0 Å². The number of piperidine rings is 1. The first-order chi connectivity index (χ1) is 21.0. The number of fused-ring (bicyclic) bond motifs is 1. The maximum Gasteiger partial charge on any atom is 0.295 e. The average Bonchev–Trinajstić information content (AvgIpc) is 3.78. The number of likely N-dealkylation sites (N-methyl/N-ethyl adjacent to an activating group) is 1. The van der Waals surface area contributed by atoms with Gasteiger partial charge in [-0.05, 0) is 97.6 Å². The Labute approximate surface area is 253 Å². The Bertz CT molecular complexity index is 1810. The van der Waals surface area contributed by atoms with Gasteiger partial charge in [-0.2, -0.15) is 4.98 Å².